The van der Waals surface area contributed by atoms with Crippen LogP contribution in [0.3, 0.4) is 0 Å². The molecule has 1 aliphatic rings. The second-order valence-corrected chi connectivity index (χ2v) is 4.48. The molecule has 1 N–H and O–H groups in total. The Labute approximate surface area is 101 Å². The first-order valence-electron chi connectivity index (χ1n) is 6.00. The number of ether oxygens (including phenoxy) is 2. The van der Waals surface area contributed by atoms with E-state index in [9.17, 15) is 14.7 Å². The zero-order valence-corrected chi connectivity index (χ0v) is 10.6. The van der Waals surface area contributed by atoms with E-state index in [4.69, 9.17) is 9.47 Å². The third kappa shape index (κ3) is 2.60. The van der Waals surface area contributed by atoms with Crippen molar-refractivity contribution in [1.29, 1.82) is 0 Å². The normalized spacial score (nSPS) is 26.6. The molecule has 0 heterocycles. The molecule has 17 heavy (non-hydrogen) atoms. The van der Waals surface area contributed by atoms with Crippen LogP contribution < -0.4 is 0 Å². The highest BCUT2D eigenvalue weighted by atomic mass is 16.6. The Bertz CT molecular complexity index is 269. The van der Waals surface area contributed by atoms with Crippen LogP contribution >= 0.6 is 0 Å². The summed E-state index contributed by atoms with van der Waals surface area (Å²) in [5, 5.41) is 9.75. The quantitative estimate of drug-likeness (QED) is 0.587. The van der Waals surface area contributed by atoms with Gasteiger partial charge in [0.2, 0.25) is 0 Å². The van der Waals surface area contributed by atoms with Gasteiger partial charge >= 0.3 is 11.9 Å². The Morgan fingerprint density at radius 1 is 1.18 bits per heavy atom. The van der Waals surface area contributed by atoms with Crippen LogP contribution in [-0.4, -0.2) is 36.4 Å². The minimum Gasteiger partial charge on any atom is -0.465 e. The average Bonchev–Trinajstić information content (AvgIpc) is 2.57. The molecule has 1 rings (SSSR count). The molecular formula is C12H20O5. The Morgan fingerprint density at radius 2 is 1.65 bits per heavy atom. The maximum atomic E-state index is 11.9. The highest BCUT2D eigenvalue weighted by molar-refractivity contribution is 6.00. The van der Waals surface area contributed by atoms with Crippen LogP contribution in [0.1, 0.15) is 33.6 Å². The van der Waals surface area contributed by atoms with Gasteiger partial charge < -0.3 is 14.6 Å². The molecule has 0 bridgehead atoms. The van der Waals surface area contributed by atoms with Gasteiger partial charge in [0.1, 0.15) is 0 Å². The van der Waals surface area contributed by atoms with Crippen molar-refractivity contribution < 1.29 is 24.2 Å². The first-order valence-corrected chi connectivity index (χ1v) is 6.00. The lowest BCUT2D eigenvalue weighted by atomic mass is 9.85. The molecule has 0 aliphatic heterocycles. The summed E-state index contributed by atoms with van der Waals surface area (Å²) in [5.41, 5.74) is -1.31. The standard InChI is InChI=1S/C12H20O5/c1-4-16-10(14)12(11(15)17-5-2)6-8(3)9(13)7-12/h8-9,13H,4-7H2,1-3H3/t8-,9+/m1/s1. The van der Waals surface area contributed by atoms with Gasteiger partial charge in [-0.1, -0.05) is 6.92 Å². The lowest BCUT2D eigenvalue weighted by Crippen LogP contribution is -2.40. The number of carbonyl (C=O) groups is 2. The molecule has 98 valence electrons. The molecule has 0 aromatic heterocycles. The van der Waals surface area contributed by atoms with Crippen molar-refractivity contribution in [2.24, 2.45) is 11.3 Å². The van der Waals surface area contributed by atoms with Crippen molar-refractivity contribution in [3.8, 4) is 0 Å². The lowest BCUT2D eigenvalue weighted by Gasteiger charge is -2.24. The smallest absolute Gasteiger partial charge is 0.323 e. The second-order valence-electron chi connectivity index (χ2n) is 4.48. The highest BCUT2D eigenvalue weighted by Crippen LogP contribution is 2.43. The number of esters is 2. The summed E-state index contributed by atoms with van der Waals surface area (Å²) in [4.78, 5) is 23.9. The molecule has 0 aromatic rings. The predicted molar refractivity (Wildman–Crippen MR) is 60.1 cm³/mol. The minimum absolute atomic E-state index is 0.0891. The maximum Gasteiger partial charge on any atom is 0.323 e. The number of carbonyl (C=O) groups excluding carboxylic acids is 2. The first-order chi connectivity index (χ1) is 7.97. The molecule has 0 spiro atoms. The number of aliphatic hydroxyl groups is 1. The number of aliphatic hydroxyl groups excluding tert-OH is 1. The summed E-state index contributed by atoms with van der Waals surface area (Å²) in [6.07, 6.45) is -0.290. The average molecular weight is 244 g/mol. The molecule has 2 atom stereocenters. The predicted octanol–water partition coefficient (Wildman–Crippen LogP) is 0.890. The summed E-state index contributed by atoms with van der Waals surface area (Å²) in [6.45, 7) is 5.61. The van der Waals surface area contributed by atoms with E-state index in [-0.39, 0.29) is 32.0 Å². The summed E-state index contributed by atoms with van der Waals surface area (Å²) in [5.74, 6) is -1.27. The fourth-order valence-corrected chi connectivity index (χ4v) is 2.28. The van der Waals surface area contributed by atoms with E-state index < -0.39 is 23.5 Å². The van der Waals surface area contributed by atoms with E-state index in [0.29, 0.717) is 0 Å². The van der Waals surface area contributed by atoms with E-state index in [1.807, 2.05) is 6.92 Å². The highest BCUT2D eigenvalue weighted by Gasteiger charge is 2.56. The van der Waals surface area contributed by atoms with Gasteiger partial charge in [0, 0.05) is 6.42 Å². The maximum absolute atomic E-state index is 11.9. The van der Waals surface area contributed by atoms with Gasteiger partial charge in [0.05, 0.1) is 19.3 Å². The Hall–Kier alpha value is -1.10. The molecule has 1 fully saturated rings. The monoisotopic (exact) mass is 244 g/mol. The first kappa shape index (κ1) is 14.0. The molecule has 5 heteroatoms. The second kappa shape index (κ2) is 5.49. The van der Waals surface area contributed by atoms with Crippen molar-refractivity contribution in [3.63, 3.8) is 0 Å². The molecule has 0 aromatic carbocycles. The van der Waals surface area contributed by atoms with Crippen LogP contribution in [0.4, 0.5) is 0 Å². The van der Waals surface area contributed by atoms with Gasteiger partial charge in [0.25, 0.3) is 0 Å². The molecule has 0 amide bonds. The Kier molecular flexibility index (Phi) is 4.51. The van der Waals surface area contributed by atoms with Crippen molar-refractivity contribution in [2.45, 2.75) is 39.7 Å². The van der Waals surface area contributed by atoms with Gasteiger partial charge in [-0.2, -0.15) is 0 Å². The van der Waals surface area contributed by atoms with Crippen LogP contribution in [0, 0.1) is 11.3 Å². The number of hydrogen-bond acceptors (Lipinski definition) is 5. The third-order valence-electron chi connectivity index (χ3n) is 3.22. The van der Waals surface area contributed by atoms with Gasteiger partial charge in [-0.25, -0.2) is 0 Å². The largest absolute Gasteiger partial charge is 0.465 e. The minimum atomic E-state index is -1.31. The van der Waals surface area contributed by atoms with E-state index in [1.54, 1.807) is 13.8 Å². The number of hydrogen-bond donors (Lipinski definition) is 1. The van der Waals surface area contributed by atoms with Crippen LogP contribution in [0.15, 0.2) is 0 Å². The van der Waals surface area contributed by atoms with Crippen molar-refractivity contribution in [3.05, 3.63) is 0 Å². The zero-order chi connectivity index (χ0) is 13.1. The van der Waals surface area contributed by atoms with Gasteiger partial charge in [-0.05, 0) is 26.2 Å². The molecule has 0 radical (unpaired) electrons. The summed E-state index contributed by atoms with van der Waals surface area (Å²) in [6, 6.07) is 0. The lowest BCUT2D eigenvalue weighted by molar-refractivity contribution is -0.172. The van der Waals surface area contributed by atoms with E-state index in [0.717, 1.165) is 0 Å². The van der Waals surface area contributed by atoms with E-state index >= 15 is 0 Å². The third-order valence-corrected chi connectivity index (χ3v) is 3.22. The molecule has 1 saturated carbocycles. The zero-order valence-electron chi connectivity index (χ0n) is 10.6. The number of rotatable bonds is 4. The molecule has 1 aliphatic carbocycles. The van der Waals surface area contributed by atoms with Crippen LogP contribution in [-0.2, 0) is 19.1 Å². The molecule has 0 unspecified atom stereocenters. The van der Waals surface area contributed by atoms with E-state index in [2.05, 4.69) is 0 Å². The molecule has 0 saturated heterocycles. The van der Waals surface area contributed by atoms with E-state index in [1.165, 1.54) is 0 Å². The van der Waals surface area contributed by atoms with Crippen molar-refractivity contribution >= 4 is 11.9 Å². The fraction of sp³-hybridized carbons (Fsp3) is 0.833. The SMILES string of the molecule is CCOC(=O)C1(C(=O)OCC)C[C@@H](C)[C@@H](O)C1. The van der Waals surface area contributed by atoms with Crippen molar-refractivity contribution in [1.82, 2.24) is 0 Å². The molecular weight excluding hydrogens is 224 g/mol. The van der Waals surface area contributed by atoms with Crippen LogP contribution in [0.2, 0.25) is 0 Å². The van der Waals surface area contributed by atoms with Crippen LogP contribution in [0.5, 0.6) is 0 Å². The Morgan fingerprint density at radius 3 is 1.94 bits per heavy atom. The summed E-state index contributed by atoms with van der Waals surface area (Å²) >= 11 is 0. The topological polar surface area (TPSA) is 72.8 Å². The molecule has 5 nitrogen and oxygen atoms in total. The van der Waals surface area contributed by atoms with Crippen molar-refractivity contribution in [2.75, 3.05) is 13.2 Å². The van der Waals surface area contributed by atoms with Crippen LogP contribution in [0.25, 0.3) is 0 Å². The Balaban J connectivity index is 2.94. The van der Waals surface area contributed by atoms with Gasteiger partial charge in [0.15, 0.2) is 5.41 Å². The fourth-order valence-electron chi connectivity index (χ4n) is 2.28. The summed E-state index contributed by atoms with van der Waals surface area (Å²) < 4.78 is 9.88. The van der Waals surface area contributed by atoms with Gasteiger partial charge in [-0.3, -0.25) is 9.59 Å². The van der Waals surface area contributed by atoms with Gasteiger partial charge in [-0.15, -0.1) is 0 Å². The summed E-state index contributed by atoms with van der Waals surface area (Å²) in [7, 11) is 0.